The number of fused-ring (bicyclic) bond motifs is 2. The van der Waals surface area contributed by atoms with Crippen LogP contribution >= 0.6 is 0 Å². The first-order valence-electron chi connectivity index (χ1n) is 11.1. The number of hydrogen-bond donors (Lipinski definition) is 2. The van der Waals surface area contributed by atoms with Crippen molar-refractivity contribution in [3.63, 3.8) is 0 Å². The fourth-order valence-electron chi connectivity index (χ4n) is 4.50. The normalized spacial score (nSPS) is 15.5. The third-order valence-electron chi connectivity index (χ3n) is 6.11. The molecule has 2 aliphatic heterocycles. The van der Waals surface area contributed by atoms with Crippen molar-refractivity contribution < 1.29 is 8.78 Å². The minimum Gasteiger partial charge on any atom is -0.369 e. The molecule has 3 aromatic rings. The smallest absolute Gasteiger partial charge is 0.229 e. The van der Waals surface area contributed by atoms with Gasteiger partial charge in [0.15, 0.2) is 5.82 Å². The second kappa shape index (κ2) is 8.43. The number of anilines is 3. The third-order valence-corrected chi connectivity index (χ3v) is 6.11. The van der Waals surface area contributed by atoms with Crippen LogP contribution in [0.4, 0.5) is 26.2 Å². The van der Waals surface area contributed by atoms with Gasteiger partial charge in [-0.25, -0.2) is 23.7 Å². The first-order chi connectivity index (χ1) is 15.5. The van der Waals surface area contributed by atoms with Crippen molar-refractivity contribution in [2.75, 3.05) is 23.3 Å². The fraction of sp³-hybridized carbons (Fsp3) is 0.375. The maximum atomic E-state index is 15.0. The Morgan fingerprint density at radius 2 is 1.97 bits per heavy atom. The zero-order valence-corrected chi connectivity index (χ0v) is 18.3. The second-order valence-corrected chi connectivity index (χ2v) is 8.59. The van der Waals surface area contributed by atoms with E-state index in [0.717, 1.165) is 50.1 Å². The molecule has 0 saturated carbocycles. The molecular formula is C24H26F2N6. The molecule has 0 atom stereocenters. The Labute approximate surface area is 186 Å². The van der Waals surface area contributed by atoms with Crippen molar-refractivity contribution >= 4 is 17.5 Å². The molecule has 2 aromatic heterocycles. The van der Waals surface area contributed by atoms with Gasteiger partial charge in [0, 0.05) is 54.6 Å². The van der Waals surface area contributed by atoms with Gasteiger partial charge in [-0.15, -0.1) is 0 Å². The van der Waals surface area contributed by atoms with Gasteiger partial charge in [0.25, 0.3) is 0 Å². The number of aromatic nitrogens is 3. The average Bonchev–Trinajstić information content (AvgIpc) is 2.79. The quantitative estimate of drug-likeness (QED) is 0.633. The molecule has 0 spiro atoms. The van der Waals surface area contributed by atoms with Crippen LogP contribution in [0.2, 0.25) is 0 Å². The first-order valence-corrected chi connectivity index (χ1v) is 11.1. The van der Waals surface area contributed by atoms with E-state index in [1.54, 1.807) is 0 Å². The molecule has 1 aromatic carbocycles. The summed E-state index contributed by atoms with van der Waals surface area (Å²) in [4.78, 5) is 15.3. The highest BCUT2D eigenvalue weighted by Crippen LogP contribution is 2.35. The number of halogens is 2. The summed E-state index contributed by atoms with van der Waals surface area (Å²) < 4.78 is 29.7. The van der Waals surface area contributed by atoms with Crippen molar-refractivity contribution in [3.8, 4) is 11.3 Å². The van der Waals surface area contributed by atoms with Crippen LogP contribution in [0.3, 0.4) is 0 Å². The summed E-state index contributed by atoms with van der Waals surface area (Å²) in [7, 11) is 0. The Balaban J connectivity index is 1.49. The van der Waals surface area contributed by atoms with Crippen molar-refractivity contribution in [1.29, 1.82) is 0 Å². The van der Waals surface area contributed by atoms with E-state index in [9.17, 15) is 8.78 Å². The van der Waals surface area contributed by atoms with E-state index in [1.165, 1.54) is 11.6 Å². The Morgan fingerprint density at radius 3 is 2.81 bits per heavy atom. The van der Waals surface area contributed by atoms with Crippen LogP contribution in [0.5, 0.6) is 0 Å². The first kappa shape index (κ1) is 20.8. The topological polar surface area (TPSA) is 66.0 Å². The minimum absolute atomic E-state index is 0.0700. The number of hydrogen-bond acceptors (Lipinski definition) is 6. The molecular weight excluding hydrogens is 410 g/mol. The molecule has 5 rings (SSSR count). The molecule has 4 heterocycles. The molecule has 0 saturated heterocycles. The van der Waals surface area contributed by atoms with Gasteiger partial charge in [0.2, 0.25) is 5.95 Å². The highest BCUT2D eigenvalue weighted by Gasteiger charge is 2.24. The summed E-state index contributed by atoms with van der Waals surface area (Å²) >= 11 is 0. The average molecular weight is 437 g/mol. The van der Waals surface area contributed by atoms with E-state index in [4.69, 9.17) is 0 Å². The van der Waals surface area contributed by atoms with Gasteiger partial charge in [0.1, 0.15) is 17.3 Å². The van der Waals surface area contributed by atoms with Gasteiger partial charge in [-0.3, -0.25) is 0 Å². The van der Waals surface area contributed by atoms with Crippen LogP contribution in [0.1, 0.15) is 37.1 Å². The van der Waals surface area contributed by atoms with Crippen LogP contribution in [0, 0.1) is 11.6 Å². The lowest BCUT2D eigenvalue weighted by molar-refractivity contribution is 0.572. The van der Waals surface area contributed by atoms with Crippen LogP contribution in [0.25, 0.3) is 11.3 Å². The van der Waals surface area contributed by atoms with Crippen LogP contribution in [0.15, 0.2) is 30.5 Å². The maximum absolute atomic E-state index is 15.0. The number of benzene rings is 1. The lowest BCUT2D eigenvalue weighted by Crippen LogP contribution is -2.35. The zero-order valence-electron chi connectivity index (χ0n) is 18.3. The van der Waals surface area contributed by atoms with Gasteiger partial charge in [-0.2, -0.15) is 0 Å². The molecule has 0 radical (unpaired) electrons. The number of pyridine rings is 1. The lowest BCUT2D eigenvalue weighted by Gasteiger charge is -2.35. The lowest BCUT2D eigenvalue weighted by atomic mass is 9.96. The monoisotopic (exact) mass is 436 g/mol. The number of rotatable bonds is 4. The van der Waals surface area contributed by atoms with Crippen LogP contribution in [-0.4, -0.2) is 34.1 Å². The number of nitrogens with zero attached hydrogens (tertiary/aromatic N) is 4. The van der Waals surface area contributed by atoms with Gasteiger partial charge in [0.05, 0.1) is 6.20 Å². The largest absolute Gasteiger partial charge is 0.369 e. The van der Waals surface area contributed by atoms with Gasteiger partial charge >= 0.3 is 0 Å². The van der Waals surface area contributed by atoms with Gasteiger partial charge in [-0.1, -0.05) is 6.07 Å². The van der Waals surface area contributed by atoms with Crippen molar-refractivity contribution in [2.45, 2.75) is 45.7 Å². The van der Waals surface area contributed by atoms with E-state index in [1.807, 2.05) is 18.2 Å². The molecule has 6 nitrogen and oxygen atoms in total. The summed E-state index contributed by atoms with van der Waals surface area (Å²) in [5, 5.41) is 6.39. The van der Waals surface area contributed by atoms with Crippen LogP contribution < -0.4 is 15.5 Å². The Bertz CT molecular complexity index is 1160. The molecule has 0 unspecified atom stereocenters. The summed E-state index contributed by atoms with van der Waals surface area (Å²) in [6.07, 6.45) is 3.55. The Hall–Kier alpha value is -3.13. The molecule has 2 N–H and O–H groups in total. The SMILES string of the molecule is CC(C)N1CCCc2c(F)cc(-c3nc(Nc4ccc5c(n4)CCNC5)ncc3F)cc21. The minimum atomic E-state index is -0.591. The van der Waals surface area contributed by atoms with E-state index < -0.39 is 5.82 Å². The maximum Gasteiger partial charge on any atom is 0.229 e. The summed E-state index contributed by atoms with van der Waals surface area (Å²) in [6, 6.07) is 7.32. The third kappa shape index (κ3) is 3.90. The van der Waals surface area contributed by atoms with E-state index in [2.05, 4.69) is 44.3 Å². The molecule has 0 fully saturated rings. The molecule has 0 bridgehead atoms. The fourth-order valence-corrected chi connectivity index (χ4v) is 4.50. The second-order valence-electron chi connectivity index (χ2n) is 8.59. The Kier molecular flexibility index (Phi) is 5.46. The Morgan fingerprint density at radius 1 is 1.09 bits per heavy atom. The molecule has 32 heavy (non-hydrogen) atoms. The van der Waals surface area contributed by atoms with E-state index in [0.29, 0.717) is 23.4 Å². The predicted octanol–water partition coefficient (Wildman–Crippen LogP) is 4.37. The molecule has 0 amide bonds. The van der Waals surface area contributed by atoms with Crippen molar-refractivity contribution in [3.05, 3.63) is 58.9 Å². The van der Waals surface area contributed by atoms with E-state index >= 15 is 0 Å². The summed E-state index contributed by atoms with van der Waals surface area (Å²) in [5.74, 6) is -0.0842. The standard InChI is InChI=1S/C24H26F2N6/c1-14(2)32-9-3-4-17-18(25)10-16(11-21(17)32)23-19(26)13-28-24(31-23)30-22-6-5-15-12-27-8-7-20(15)29-22/h5-6,10-11,13-14,27H,3-4,7-9,12H2,1-2H3,(H,28,29,30,31). The zero-order chi connectivity index (χ0) is 22.2. The predicted molar refractivity (Wildman–Crippen MR) is 121 cm³/mol. The van der Waals surface area contributed by atoms with Crippen molar-refractivity contribution in [2.24, 2.45) is 0 Å². The highest BCUT2D eigenvalue weighted by atomic mass is 19.1. The van der Waals surface area contributed by atoms with E-state index in [-0.39, 0.29) is 23.5 Å². The van der Waals surface area contributed by atoms with Crippen LogP contribution in [-0.2, 0) is 19.4 Å². The highest BCUT2D eigenvalue weighted by molar-refractivity contribution is 5.71. The summed E-state index contributed by atoms with van der Waals surface area (Å²) in [6.45, 7) is 6.70. The summed E-state index contributed by atoms with van der Waals surface area (Å²) in [5.41, 5.74) is 4.18. The van der Waals surface area contributed by atoms with Crippen molar-refractivity contribution in [1.82, 2.24) is 20.3 Å². The van der Waals surface area contributed by atoms with Gasteiger partial charge in [-0.05, 0) is 50.5 Å². The molecule has 0 aliphatic carbocycles. The van der Waals surface area contributed by atoms with Gasteiger partial charge < -0.3 is 15.5 Å². The molecule has 8 heteroatoms. The molecule has 2 aliphatic rings. The number of nitrogens with one attached hydrogen (secondary N) is 2. The molecule has 166 valence electrons.